The molecule has 0 spiro atoms. The first kappa shape index (κ1) is 15.1. The lowest BCUT2D eigenvalue weighted by molar-refractivity contribution is -0.0274. The second-order valence-electron chi connectivity index (χ2n) is 5.14. The lowest BCUT2D eigenvalue weighted by Gasteiger charge is -2.28. The molecule has 3 atom stereocenters. The Hall–Kier alpha value is -0.320. The van der Waals surface area contributed by atoms with Crippen LogP contribution in [-0.4, -0.2) is 30.0 Å². The molecule has 19 heavy (non-hydrogen) atoms. The normalized spacial score (nSPS) is 28.6. The number of nitrogens with one attached hydrogen (secondary N) is 1. The number of halogens is 2. The third-order valence-corrected chi connectivity index (χ3v) is 4.37. The Morgan fingerprint density at radius 1 is 1.53 bits per heavy atom. The molecule has 1 aromatic rings. The van der Waals surface area contributed by atoms with Crippen LogP contribution in [-0.2, 0) is 4.74 Å². The molecule has 0 amide bonds. The molecule has 1 fully saturated rings. The summed E-state index contributed by atoms with van der Waals surface area (Å²) in [4.78, 5) is 0. The average molecular weight is 304 g/mol. The Labute approximate surface area is 123 Å². The number of aliphatic hydroxyl groups is 1. The minimum Gasteiger partial charge on any atom is -0.386 e. The van der Waals surface area contributed by atoms with Crippen LogP contribution in [0.1, 0.15) is 31.9 Å². The van der Waals surface area contributed by atoms with Gasteiger partial charge in [0.2, 0.25) is 0 Å². The van der Waals surface area contributed by atoms with Crippen LogP contribution in [0, 0.1) is 0 Å². The molecule has 1 heterocycles. The number of rotatable bonds is 4. The summed E-state index contributed by atoms with van der Waals surface area (Å²) in [5.41, 5.74) is 0.175. The number of hydrogen-bond donors (Lipinski definition) is 2. The zero-order valence-corrected chi connectivity index (χ0v) is 12.6. The summed E-state index contributed by atoms with van der Waals surface area (Å²) in [7, 11) is 0. The molecule has 3 nitrogen and oxygen atoms in total. The molecule has 1 aromatic carbocycles. The summed E-state index contributed by atoms with van der Waals surface area (Å²) >= 11 is 12.1. The van der Waals surface area contributed by atoms with Crippen molar-refractivity contribution in [2.24, 2.45) is 0 Å². The Morgan fingerprint density at radius 2 is 2.26 bits per heavy atom. The molecule has 106 valence electrons. The molecule has 1 aliphatic rings. The Kier molecular flexibility index (Phi) is 4.75. The van der Waals surface area contributed by atoms with E-state index in [2.05, 4.69) is 5.32 Å². The number of ether oxygens (including phenoxy) is 1. The monoisotopic (exact) mass is 303 g/mol. The zero-order valence-electron chi connectivity index (χ0n) is 11.1. The maximum atomic E-state index is 10.4. The molecule has 0 aromatic heterocycles. The molecule has 0 bridgehead atoms. The maximum Gasteiger partial charge on any atom is 0.105 e. The fourth-order valence-electron chi connectivity index (χ4n) is 2.30. The van der Waals surface area contributed by atoms with Crippen LogP contribution in [0.4, 0.5) is 0 Å². The second-order valence-corrected chi connectivity index (χ2v) is 5.98. The third-order valence-electron chi connectivity index (χ3n) is 3.80. The van der Waals surface area contributed by atoms with Crippen LogP contribution >= 0.6 is 23.2 Å². The van der Waals surface area contributed by atoms with Crippen molar-refractivity contribution in [3.05, 3.63) is 33.8 Å². The largest absolute Gasteiger partial charge is 0.386 e. The van der Waals surface area contributed by atoms with Gasteiger partial charge in [0, 0.05) is 35.7 Å². The Morgan fingerprint density at radius 3 is 2.84 bits per heavy atom. The van der Waals surface area contributed by atoms with E-state index < -0.39 is 5.60 Å². The number of hydrogen-bond acceptors (Lipinski definition) is 3. The van der Waals surface area contributed by atoms with Crippen LogP contribution in [0.2, 0.25) is 10.0 Å². The van der Waals surface area contributed by atoms with Crippen molar-refractivity contribution in [1.29, 1.82) is 0 Å². The van der Waals surface area contributed by atoms with Crippen molar-refractivity contribution in [3.63, 3.8) is 0 Å². The standard InChI is InChI=1S/C14H19Cl2NO2/c1-9(12-4-3-11(15)7-13(12)16)17-8-14(18)5-6-19-10(14)2/h3-4,7,9-10,17-18H,5-6,8H2,1-2H3. The van der Waals surface area contributed by atoms with Crippen LogP contribution < -0.4 is 5.32 Å². The van der Waals surface area contributed by atoms with E-state index in [4.69, 9.17) is 27.9 Å². The molecule has 5 heteroatoms. The van der Waals surface area contributed by atoms with Gasteiger partial charge in [0.15, 0.2) is 0 Å². The first-order chi connectivity index (χ1) is 8.92. The summed E-state index contributed by atoms with van der Waals surface area (Å²) in [6, 6.07) is 5.49. The minimum atomic E-state index is -0.798. The van der Waals surface area contributed by atoms with Crippen LogP contribution in [0.15, 0.2) is 18.2 Å². The van der Waals surface area contributed by atoms with Crippen molar-refractivity contribution in [3.8, 4) is 0 Å². The molecule has 0 radical (unpaired) electrons. The molecule has 2 N–H and O–H groups in total. The highest BCUT2D eigenvalue weighted by molar-refractivity contribution is 6.35. The highest BCUT2D eigenvalue weighted by Crippen LogP contribution is 2.28. The van der Waals surface area contributed by atoms with E-state index in [-0.39, 0.29) is 12.1 Å². The Bertz CT molecular complexity index is 455. The van der Waals surface area contributed by atoms with E-state index in [1.807, 2.05) is 26.0 Å². The predicted octanol–water partition coefficient (Wildman–Crippen LogP) is 3.18. The SMILES string of the molecule is CC(NCC1(O)CCOC1C)c1ccc(Cl)cc1Cl. The summed E-state index contributed by atoms with van der Waals surface area (Å²) in [5.74, 6) is 0. The molecule has 3 unspecified atom stereocenters. The molecule has 1 saturated heterocycles. The van der Waals surface area contributed by atoms with Gasteiger partial charge in [-0.2, -0.15) is 0 Å². The molecular weight excluding hydrogens is 285 g/mol. The van der Waals surface area contributed by atoms with E-state index in [9.17, 15) is 5.11 Å². The van der Waals surface area contributed by atoms with Gasteiger partial charge in [0.1, 0.15) is 5.60 Å². The second kappa shape index (κ2) is 5.98. The van der Waals surface area contributed by atoms with Crippen molar-refractivity contribution in [1.82, 2.24) is 5.32 Å². The molecule has 1 aliphatic heterocycles. The van der Waals surface area contributed by atoms with Crippen LogP contribution in [0.3, 0.4) is 0 Å². The first-order valence-electron chi connectivity index (χ1n) is 6.45. The molecule has 0 saturated carbocycles. The summed E-state index contributed by atoms with van der Waals surface area (Å²) in [5, 5.41) is 15.0. The molecular formula is C14H19Cl2NO2. The van der Waals surface area contributed by atoms with Gasteiger partial charge in [-0.05, 0) is 31.5 Å². The summed E-state index contributed by atoms with van der Waals surface area (Å²) < 4.78 is 5.41. The van der Waals surface area contributed by atoms with Crippen molar-refractivity contribution < 1.29 is 9.84 Å². The predicted molar refractivity (Wildman–Crippen MR) is 77.9 cm³/mol. The van der Waals surface area contributed by atoms with E-state index in [1.165, 1.54) is 0 Å². The Balaban J connectivity index is 1.99. The van der Waals surface area contributed by atoms with Crippen molar-refractivity contribution in [2.45, 2.75) is 38.0 Å². The van der Waals surface area contributed by atoms with E-state index in [0.717, 1.165) is 5.56 Å². The minimum absolute atomic E-state index is 0.0431. The highest BCUT2D eigenvalue weighted by Gasteiger charge is 2.39. The van der Waals surface area contributed by atoms with Crippen molar-refractivity contribution in [2.75, 3.05) is 13.2 Å². The van der Waals surface area contributed by atoms with Gasteiger partial charge in [0.05, 0.1) is 6.10 Å². The van der Waals surface area contributed by atoms with Gasteiger partial charge in [-0.3, -0.25) is 0 Å². The highest BCUT2D eigenvalue weighted by atomic mass is 35.5. The lowest BCUT2D eigenvalue weighted by Crippen LogP contribution is -2.46. The fraction of sp³-hybridized carbons (Fsp3) is 0.571. The van der Waals surface area contributed by atoms with E-state index in [0.29, 0.717) is 29.6 Å². The smallest absolute Gasteiger partial charge is 0.105 e. The zero-order chi connectivity index (χ0) is 14.0. The van der Waals surface area contributed by atoms with E-state index >= 15 is 0 Å². The van der Waals surface area contributed by atoms with Gasteiger partial charge in [-0.15, -0.1) is 0 Å². The van der Waals surface area contributed by atoms with Gasteiger partial charge in [-0.25, -0.2) is 0 Å². The van der Waals surface area contributed by atoms with Gasteiger partial charge < -0.3 is 15.2 Å². The quantitative estimate of drug-likeness (QED) is 0.897. The van der Waals surface area contributed by atoms with Crippen LogP contribution in [0.25, 0.3) is 0 Å². The van der Waals surface area contributed by atoms with Crippen molar-refractivity contribution >= 4 is 23.2 Å². The lowest BCUT2D eigenvalue weighted by atomic mass is 9.96. The van der Waals surface area contributed by atoms with Crippen LogP contribution in [0.5, 0.6) is 0 Å². The number of benzene rings is 1. The molecule has 2 rings (SSSR count). The third kappa shape index (κ3) is 3.41. The summed E-state index contributed by atoms with van der Waals surface area (Å²) in [6.45, 7) is 5.00. The average Bonchev–Trinajstić information content (AvgIpc) is 2.67. The van der Waals surface area contributed by atoms with E-state index in [1.54, 1.807) is 6.07 Å². The van der Waals surface area contributed by atoms with Gasteiger partial charge >= 0.3 is 0 Å². The molecule has 0 aliphatic carbocycles. The first-order valence-corrected chi connectivity index (χ1v) is 7.20. The maximum absolute atomic E-state index is 10.4. The topological polar surface area (TPSA) is 41.5 Å². The fourth-order valence-corrected chi connectivity index (χ4v) is 2.87. The van der Waals surface area contributed by atoms with Gasteiger partial charge in [-0.1, -0.05) is 29.3 Å². The van der Waals surface area contributed by atoms with Gasteiger partial charge in [0.25, 0.3) is 0 Å². The summed E-state index contributed by atoms with van der Waals surface area (Å²) in [6.07, 6.45) is 0.510.